The summed E-state index contributed by atoms with van der Waals surface area (Å²) >= 11 is 0. The molecule has 2 rings (SSSR count). The molecule has 0 fully saturated rings. The lowest BCUT2D eigenvalue weighted by atomic mass is 9.87. The Morgan fingerprint density at radius 2 is 1.82 bits per heavy atom. The first-order valence-electron chi connectivity index (χ1n) is 10.2. The Balaban J connectivity index is 1.81. The van der Waals surface area contributed by atoms with E-state index < -0.39 is 5.97 Å². The molecule has 0 spiro atoms. The van der Waals surface area contributed by atoms with E-state index >= 15 is 0 Å². The fourth-order valence-electron chi connectivity index (χ4n) is 3.71. The lowest BCUT2D eigenvalue weighted by Gasteiger charge is -2.36. The van der Waals surface area contributed by atoms with Gasteiger partial charge in [0.05, 0.1) is 0 Å². The van der Waals surface area contributed by atoms with E-state index in [1.54, 1.807) is 6.07 Å². The van der Waals surface area contributed by atoms with Crippen LogP contribution in [0.2, 0.25) is 0 Å². The number of carbonyl (C=O) groups is 1. The summed E-state index contributed by atoms with van der Waals surface area (Å²) in [4.78, 5) is 10.6. The Morgan fingerprint density at radius 3 is 2.54 bits per heavy atom. The highest BCUT2D eigenvalue weighted by Gasteiger charge is 2.31. The van der Waals surface area contributed by atoms with Crippen molar-refractivity contribution >= 4 is 5.97 Å². The Hall–Kier alpha value is -2.23. The largest absolute Gasteiger partial charge is 0.508 e. The first-order chi connectivity index (χ1) is 13.2. The Kier molecular flexibility index (Phi) is 7.73. The Bertz CT molecular complexity index is 760. The van der Waals surface area contributed by atoms with Gasteiger partial charge in [-0.05, 0) is 95.9 Å². The van der Waals surface area contributed by atoms with Crippen molar-refractivity contribution in [2.45, 2.75) is 84.7 Å². The van der Waals surface area contributed by atoms with Crippen LogP contribution in [0.4, 0.5) is 0 Å². The normalized spacial score (nSPS) is 19.9. The molecule has 0 unspecified atom stereocenters. The third-order valence-corrected chi connectivity index (χ3v) is 5.54. The van der Waals surface area contributed by atoms with Gasteiger partial charge in [0.2, 0.25) is 0 Å². The zero-order chi connectivity index (χ0) is 20.7. The molecule has 1 aliphatic rings. The Labute approximate surface area is 168 Å². The van der Waals surface area contributed by atoms with Crippen molar-refractivity contribution in [1.82, 2.24) is 0 Å². The van der Waals surface area contributed by atoms with E-state index in [9.17, 15) is 9.90 Å². The van der Waals surface area contributed by atoms with Gasteiger partial charge in [-0.15, -0.1) is 0 Å². The third kappa shape index (κ3) is 6.74. The van der Waals surface area contributed by atoms with Crippen molar-refractivity contribution < 1.29 is 19.7 Å². The number of carboxylic acid groups (broad SMARTS) is 1. The number of aliphatic carboxylic acids is 1. The average Bonchev–Trinajstić information content (AvgIpc) is 2.61. The van der Waals surface area contributed by atoms with E-state index in [4.69, 9.17) is 9.84 Å². The van der Waals surface area contributed by atoms with Gasteiger partial charge in [-0.2, -0.15) is 0 Å². The summed E-state index contributed by atoms with van der Waals surface area (Å²) in [6.07, 6.45) is 11.1. The number of phenolic OH excluding ortho intramolecular Hbond substituents is 1. The molecule has 1 aromatic carbocycles. The lowest BCUT2D eigenvalue weighted by molar-refractivity contribution is -0.136. The number of rotatable bonds is 9. The van der Waals surface area contributed by atoms with Crippen molar-refractivity contribution in [2.75, 3.05) is 0 Å². The highest BCUT2D eigenvalue weighted by Crippen LogP contribution is 2.39. The van der Waals surface area contributed by atoms with Gasteiger partial charge in [0.1, 0.15) is 17.1 Å². The van der Waals surface area contributed by atoms with Gasteiger partial charge in [-0.25, -0.2) is 0 Å². The zero-order valence-electron chi connectivity index (χ0n) is 17.7. The summed E-state index contributed by atoms with van der Waals surface area (Å²) in [6.45, 7) is 8.33. The second-order valence-corrected chi connectivity index (χ2v) is 8.37. The lowest BCUT2D eigenvalue weighted by Crippen LogP contribution is -2.36. The fourth-order valence-corrected chi connectivity index (χ4v) is 3.71. The average molecular weight is 387 g/mol. The molecule has 0 amide bonds. The van der Waals surface area contributed by atoms with Crippen LogP contribution in [-0.2, 0) is 11.2 Å². The summed E-state index contributed by atoms with van der Waals surface area (Å²) in [7, 11) is 0. The highest BCUT2D eigenvalue weighted by molar-refractivity contribution is 5.67. The molecule has 4 heteroatoms. The number of carboxylic acids is 1. The first kappa shape index (κ1) is 22.1. The van der Waals surface area contributed by atoms with Crippen LogP contribution in [0.1, 0.15) is 76.8 Å². The maximum Gasteiger partial charge on any atom is 0.303 e. The van der Waals surface area contributed by atoms with Crippen LogP contribution < -0.4 is 4.74 Å². The van der Waals surface area contributed by atoms with Crippen LogP contribution in [0.5, 0.6) is 11.5 Å². The number of benzene rings is 1. The van der Waals surface area contributed by atoms with Gasteiger partial charge in [-0.1, -0.05) is 23.3 Å². The van der Waals surface area contributed by atoms with Crippen molar-refractivity contribution in [3.05, 3.63) is 46.6 Å². The minimum atomic E-state index is -0.739. The molecule has 0 saturated heterocycles. The van der Waals surface area contributed by atoms with Gasteiger partial charge < -0.3 is 14.9 Å². The number of fused-ring (bicyclic) bond motifs is 1. The van der Waals surface area contributed by atoms with Crippen molar-refractivity contribution in [2.24, 2.45) is 0 Å². The number of hydrogen-bond donors (Lipinski definition) is 2. The van der Waals surface area contributed by atoms with Crippen molar-refractivity contribution in [1.29, 1.82) is 0 Å². The monoisotopic (exact) mass is 386 g/mol. The SMILES string of the molecule is C/C(=C\CC[C@]1(C)CCc2cc(O)cc(C)c2O1)CC/C=C(\C)CCC(=O)O. The van der Waals surface area contributed by atoms with Gasteiger partial charge in [-0.3, -0.25) is 4.79 Å². The van der Waals surface area contributed by atoms with E-state index in [0.29, 0.717) is 12.2 Å². The summed E-state index contributed by atoms with van der Waals surface area (Å²) in [5.41, 5.74) is 4.45. The molecule has 1 heterocycles. The number of aryl methyl sites for hydroxylation is 2. The third-order valence-electron chi connectivity index (χ3n) is 5.54. The van der Waals surface area contributed by atoms with E-state index in [-0.39, 0.29) is 12.0 Å². The molecule has 0 bridgehead atoms. The van der Waals surface area contributed by atoms with Crippen LogP contribution in [0.15, 0.2) is 35.4 Å². The van der Waals surface area contributed by atoms with Crippen LogP contribution in [0.3, 0.4) is 0 Å². The smallest absolute Gasteiger partial charge is 0.303 e. The number of hydrogen-bond acceptors (Lipinski definition) is 3. The molecule has 1 atom stereocenters. The molecule has 28 heavy (non-hydrogen) atoms. The molecule has 0 radical (unpaired) electrons. The van der Waals surface area contributed by atoms with Gasteiger partial charge in [0, 0.05) is 6.42 Å². The maximum absolute atomic E-state index is 10.6. The molecule has 1 aromatic rings. The Morgan fingerprint density at radius 1 is 1.14 bits per heavy atom. The molecule has 0 aliphatic carbocycles. The molecule has 1 aliphatic heterocycles. The quantitative estimate of drug-likeness (QED) is 0.503. The van der Waals surface area contributed by atoms with Crippen LogP contribution in [0, 0.1) is 6.92 Å². The topological polar surface area (TPSA) is 66.8 Å². The number of aromatic hydroxyl groups is 1. The predicted octanol–water partition coefficient (Wildman–Crippen LogP) is 6.10. The molecule has 4 nitrogen and oxygen atoms in total. The second-order valence-electron chi connectivity index (χ2n) is 8.37. The number of ether oxygens (including phenoxy) is 1. The maximum atomic E-state index is 10.6. The number of phenols is 1. The van der Waals surface area contributed by atoms with Crippen LogP contribution in [0.25, 0.3) is 0 Å². The molecule has 2 N–H and O–H groups in total. The summed E-state index contributed by atoms with van der Waals surface area (Å²) in [6, 6.07) is 3.58. The van der Waals surface area contributed by atoms with Gasteiger partial charge in [0.15, 0.2) is 0 Å². The predicted molar refractivity (Wildman–Crippen MR) is 113 cm³/mol. The summed E-state index contributed by atoms with van der Waals surface area (Å²) in [5.74, 6) is 0.514. The van der Waals surface area contributed by atoms with Crippen molar-refractivity contribution in [3.63, 3.8) is 0 Å². The van der Waals surface area contributed by atoms with E-state index in [0.717, 1.165) is 61.0 Å². The molecule has 0 aromatic heterocycles. The molecular formula is C24H34O4. The van der Waals surface area contributed by atoms with E-state index in [1.165, 1.54) is 5.57 Å². The zero-order valence-corrected chi connectivity index (χ0v) is 17.7. The minimum absolute atomic E-state index is 0.168. The second kappa shape index (κ2) is 9.81. The van der Waals surface area contributed by atoms with E-state index in [1.807, 2.05) is 19.9 Å². The highest BCUT2D eigenvalue weighted by atomic mass is 16.5. The number of allylic oxidation sites excluding steroid dienone is 4. The summed E-state index contributed by atoms with van der Waals surface area (Å²) < 4.78 is 6.35. The van der Waals surface area contributed by atoms with Crippen LogP contribution >= 0.6 is 0 Å². The molecule has 154 valence electrons. The minimum Gasteiger partial charge on any atom is -0.508 e. The standard InChI is InChI=1S/C24H34O4/c1-17(7-5-8-18(2)10-11-22(26)27)9-6-13-24(4)14-12-20-16-21(25)15-19(3)23(20)28-24/h8-9,15-16,25H,5-7,10-14H2,1-4H3,(H,26,27)/b17-9+,18-8+/t24-/m1/s1. The van der Waals surface area contributed by atoms with Gasteiger partial charge in [0.25, 0.3) is 0 Å². The van der Waals surface area contributed by atoms with Gasteiger partial charge >= 0.3 is 5.97 Å². The van der Waals surface area contributed by atoms with E-state index in [2.05, 4.69) is 26.0 Å². The fraction of sp³-hybridized carbons (Fsp3) is 0.542. The molecular weight excluding hydrogens is 352 g/mol. The first-order valence-corrected chi connectivity index (χ1v) is 10.2. The van der Waals surface area contributed by atoms with Crippen LogP contribution in [-0.4, -0.2) is 21.8 Å². The molecule has 0 saturated carbocycles. The summed E-state index contributed by atoms with van der Waals surface area (Å²) in [5, 5.41) is 18.5. The van der Waals surface area contributed by atoms with Crippen molar-refractivity contribution in [3.8, 4) is 11.5 Å².